The lowest BCUT2D eigenvalue weighted by Gasteiger charge is -2.33. The molecule has 0 amide bonds. The summed E-state index contributed by atoms with van der Waals surface area (Å²) in [4.78, 5) is 10.4. The number of carboxylic acid groups (broad SMARTS) is 1. The Morgan fingerprint density at radius 1 is 1.64 bits per heavy atom. The van der Waals surface area contributed by atoms with Crippen LogP contribution in [0.15, 0.2) is 0 Å². The molecular formula is C8H12F3NO2. The molecule has 1 saturated heterocycles. The molecule has 2 atom stereocenters. The molecule has 1 fully saturated rings. The molecule has 82 valence electrons. The molecule has 2 unspecified atom stereocenters. The van der Waals surface area contributed by atoms with Crippen LogP contribution in [0.4, 0.5) is 13.2 Å². The van der Waals surface area contributed by atoms with Gasteiger partial charge in [-0.15, -0.1) is 0 Å². The number of carboxylic acids is 1. The summed E-state index contributed by atoms with van der Waals surface area (Å²) >= 11 is 0. The van der Waals surface area contributed by atoms with E-state index in [4.69, 9.17) is 5.11 Å². The van der Waals surface area contributed by atoms with Gasteiger partial charge in [0.1, 0.15) is 5.54 Å². The predicted molar refractivity (Wildman–Crippen MR) is 42.8 cm³/mol. The second-order valence-electron chi connectivity index (χ2n) is 3.71. The van der Waals surface area contributed by atoms with E-state index in [0.717, 1.165) is 6.92 Å². The first-order chi connectivity index (χ1) is 6.27. The highest BCUT2D eigenvalue weighted by Crippen LogP contribution is 2.42. The lowest BCUT2D eigenvalue weighted by molar-refractivity contribution is -0.199. The Labute approximate surface area is 79.3 Å². The minimum absolute atomic E-state index is 0.216. The number of aliphatic carboxylic acids is 1. The molecule has 1 aliphatic rings. The van der Waals surface area contributed by atoms with Gasteiger partial charge in [-0.1, -0.05) is 0 Å². The van der Waals surface area contributed by atoms with Crippen molar-refractivity contribution in [1.82, 2.24) is 5.32 Å². The molecule has 0 aromatic heterocycles. The van der Waals surface area contributed by atoms with Crippen molar-refractivity contribution in [3.8, 4) is 0 Å². The zero-order valence-electron chi connectivity index (χ0n) is 7.69. The fourth-order valence-electron chi connectivity index (χ4n) is 1.79. The fraction of sp³-hybridized carbons (Fsp3) is 0.875. The van der Waals surface area contributed by atoms with Crippen molar-refractivity contribution in [2.24, 2.45) is 5.92 Å². The van der Waals surface area contributed by atoms with E-state index in [9.17, 15) is 18.0 Å². The summed E-state index contributed by atoms with van der Waals surface area (Å²) in [6.07, 6.45) is -4.59. The van der Waals surface area contributed by atoms with Crippen LogP contribution in [-0.4, -0.2) is 29.3 Å². The van der Waals surface area contributed by atoms with E-state index in [1.54, 1.807) is 0 Å². The van der Waals surface area contributed by atoms with Crippen LogP contribution >= 0.6 is 0 Å². The summed E-state index contributed by atoms with van der Waals surface area (Å²) < 4.78 is 37.8. The Balaban J connectivity index is 2.81. The third-order valence-electron chi connectivity index (χ3n) is 2.81. The number of alkyl halides is 3. The Hall–Kier alpha value is -0.780. The standard InChI is InChI=1S/C8H12F3NO2/c1-7(8(9,10)11)5(2-3-12-7)4-6(13)14/h5,12H,2-4H2,1H3,(H,13,14). The molecule has 0 aromatic rings. The van der Waals surface area contributed by atoms with Gasteiger partial charge in [-0.25, -0.2) is 0 Å². The quantitative estimate of drug-likeness (QED) is 0.725. The highest BCUT2D eigenvalue weighted by molar-refractivity contribution is 5.67. The van der Waals surface area contributed by atoms with Crippen molar-refractivity contribution in [3.05, 3.63) is 0 Å². The molecule has 0 radical (unpaired) electrons. The largest absolute Gasteiger partial charge is 0.481 e. The van der Waals surface area contributed by atoms with Gasteiger partial charge in [-0.3, -0.25) is 4.79 Å². The van der Waals surface area contributed by atoms with Crippen molar-refractivity contribution in [2.75, 3.05) is 6.54 Å². The molecule has 1 heterocycles. The lowest BCUT2D eigenvalue weighted by atomic mass is 9.84. The minimum atomic E-state index is -4.40. The number of nitrogens with one attached hydrogen (secondary N) is 1. The van der Waals surface area contributed by atoms with Gasteiger partial charge in [0.25, 0.3) is 0 Å². The molecule has 1 aliphatic heterocycles. The topological polar surface area (TPSA) is 49.3 Å². The summed E-state index contributed by atoms with van der Waals surface area (Å²) in [5, 5.41) is 10.8. The Bertz CT molecular complexity index is 241. The first-order valence-corrected chi connectivity index (χ1v) is 4.31. The summed E-state index contributed by atoms with van der Waals surface area (Å²) in [6.45, 7) is 1.24. The van der Waals surface area contributed by atoms with Crippen LogP contribution in [0.5, 0.6) is 0 Å². The smallest absolute Gasteiger partial charge is 0.406 e. The summed E-state index contributed by atoms with van der Waals surface area (Å²) in [7, 11) is 0. The van der Waals surface area contributed by atoms with Crippen molar-refractivity contribution in [2.45, 2.75) is 31.5 Å². The maximum Gasteiger partial charge on any atom is 0.406 e. The van der Waals surface area contributed by atoms with E-state index in [1.807, 2.05) is 0 Å². The molecule has 0 bridgehead atoms. The highest BCUT2D eigenvalue weighted by Gasteiger charge is 2.58. The third-order valence-corrected chi connectivity index (χ3v) is 2.81. The summed E-state index contributed by atoms with van der Waals surface area (Å²) in [5.41, 5.74) is -2.05. The van der Waals surface area contributed by atoms with Crippen molar-refractivity contribution in [3.63, 3.8) is 0 Å². The van der Waals surface area contributed by atoms with Crippen LogP contribution in [-0.2, 0) is 4.79 Å². The molecule has 1 rings (SSSR count). The number of hydrogen-bond acceptors (Lipinski definition) is 2. The second-order valence-corrected chi connectivity index (χ2v) is 3.71. The Kier molecular flexibility index (Phi) is 2.76. The van der Waals surface area contributed by atoms with E-state index in [-0.39, 0.29) is 13.0 Å². The average molecular weight is 211 g/mol. The predicted octanol–water partition coefficient (Wildman–Crippen LogP) is 1.39. The molecule has 2 N–H and O–H groups in total. The zero-order chi connectivity index (χ0) is 11.0. The molecule has 0 saturated carbocycles. The van der Waals surface area contributed by atoms with Gasteiger partial charge in [0, 0.05) is 0 Å². The molecule has 0 spiro atoms. The van der Waals surface area contributed by atoms with Crippen molar-refractivity contribution >= 4 is 5.97 Å². The normalized spacial score (nSPS) is 33.3. The van der Waals surface area contributed by atoms with Gasteiger partial charge in [-0.2, -0.15) is 13.2 Å². The van der Waals surface area contributed by atoms with Gasteiger partial charge in [0.05, 0.1) is 6.42 Å². The van der Waals surface area contributed by atoms with Gasteiger partial charge >= 0.3 is 12.1 Å². The monoisotopic (exact) mass is 211 g/mol. The first kappa shape index (κ1) is 11.3. The first-order valence-electron chi connectivity index (χ1n) is 4.31. The molecule has 0 aliphatic carbocycles. The third kappa shape index (κ3) is 1.84. The number of halogens is 3. The fourth-order valence-corrected chi connectivity index (χ4v) is 1.79. The average Bonchev–Trinajstić information content (AvgIpc) is 2.31. The molecule has 3 nitrogen and oxygen atoms in total. The maximum atomic E-state index is 12.6. The van der Waals surface area contributed by atoms with Crippen LogP contribution in [0.3, 0.4) is 0 Å². The molecule has 14 heavy (non-hydrogen) atoms. The van der Waals surface area contributed by atoms with E-state index in [2.05, 4.69) is 5.32 Å². The molecule has 6 heteroatoms. The Morgan fingerprint density at radius 3 is 2.64 bits per heavy atom. The van der Waals surface area contributed by atoms with Gasteiger partial charge in [0.15, 0.2) is 0 Å². The highest BCUT2D eigenvalue weighted by atomic mass is 19.4. The lowest BCUT2D eigenvalue weighted by Crippen LogP contribution is -2.54. The van der Waals surface area contributed by atoms with Crippen molar-refractivity contribution < 1.29 is 23.1 Å². The number of hydrogen-bond donors (Lipinski definition) is 2. The SMILES string of the molecule is CC1(C(F)(F)F)NCCC1CC(=O)O. The van der Waals surface area contributed by atoms with Crippen LogP contribution < -0.4 is 5.32 Å². The van der Waals surface area contributed by atoms with Gasteiger partial charge in [-0.05, 0) is 25.8 Å². The van der Waals surface area contributed by atoms with E-state index >= 15 is 0 Å². The van der Waals surface area contributed by atoms with Gasteiger partial charge in [0.2, 0.25) is 0 Å². The van der Waals surface area contributed by atoms with Gasteiger partial charge < -0.3 is 10.4 Å². The van der Waals surface area contributed by atoms with Crippen LogP contribution in [0, 0.1) is 5.92 Å². The molecule has 0 aromatic carbocycles. The molecular weight excluding hydrogens is 199 g/mol. The summed E-state index contributed by atoms with van der Waals surface area (Å²) in [5.74, 6) is -2.06. The van der Waals surface area contributed by atoms with Crippen LogP contribution in [0.2, 0.25) is 0 Å². The second kappa shape index (κ2) is 3.42. The Morgan fingerprint density at radius 2 is 2.21 bits per heavy atom. The van der Waals surface area contributed by atoms with Crippen LogP contribution in [0.25, 0.3) is 0 Å². The maximum absolute atomic E-state index is 12.6. The van der Waals surface area contributed by atoms with E-state index < -0.39 is 30.0 Å². The minimum Gasteiger partial charge on any atom is -0.481 e. The summed E-state index contributed by atoms with van der Waals surface area (Å²) in [6, 6.07) is 0. The van der Waals surface area contributed by atoms with E-state index in [0.29, 0.717) is 0 Å². The van der Waals surface area contributed by atoms with E-state index in [1.165, 1.54) is 0 Å². The zero-order valence-corrected chi connectivity index (χ0v) is 7.69. The van der Waals surface area contributed by atoms with Crippen LogP contribution in [0.1, 0.15) is 19.8 Å². The van der Waals surface area contributed by atoms with Crippen molar-refractivity contribution in [1.29, 1.82) is 0 Å². The number of carbonyl (C=O) groups is 1. The number of rotatable bonds is 2.